The summed E-state index contributed by atoms with van der Waals surface area (Å²) in [5.41, 5.74) is 1.67. The van der Waals surface area contributed by atoms with Crippen molar-refractivity contribution in [3.05, 3.63) is 59.2 Å². The van der Waals surface area contributed by atoms with Crippen LogP contribution in [0.1, 0.15) is 11.1 Å². The van der Waals surface area contributed by atoms with Crippen LogP contribution in [-0.4, -0.2) is 13.0 Å². The Hall–Kier alpha value is -2.69. The van der Waals surface area contributed by atoms with Crippen LogP contribution in [0.3, 0.4) is 0 Å². The minimum atomic E-state index is -0.444. The second-order valence-corrected chi connectivity index (χ2v) is 4.59. The molecule has 3 rings (SSSR count). The summed E-state index contributed by atoms with van der Waals surface area (Å²) in [6, 6.07) is 8.03. The molecule has 0 aromatic heterocycles. The minimum absolute atomic E-state index is 0.272. The lowest BCUT2D eigenvalue weighted by atomic mass is 10.0. The van der Waals surface area contributed by atoms with Crippen molar-refractivity contribution in [3.8, 4) is 5.75 Å². The fraction of sp³-hybridized carbons (Fsp3) is 0.0625. The normalized spacial score (nSPS) is 15.0. The molecule has 2 aromatic carbocycles. The number of fused-ring (bicyclic) bond motifs is 1. The van der Waals surface area contributed by atoms with Gasteiger partial charge in [0.1, 0.15) is 17.4 Å². The highest BCUT2D eigenvalue weighted by atomic mass is 19.1. The average Bonchev–Trinajstić information content (AvgIpc) is 2.75. The van der Waals surface area contributed by atoms with E-state index in [1.165, 1.54) is 49.6 Å². The smallest absolute Gasteiger partial charge is 0.256 e. The molecule has 106 valence electrons. The summed E-state index contributed by atoms with van der Waals surface area (Å²) in [6.07, 6.45) is 1.49. The first kappa shape index (κ1) is 13.3. The van der Waals surface area contributed by atoms with Crippen LogP contribution in [0.2, 0.25) is 0 Å². The van der Waals surface area contributed by atoms with Crippen molar-refractivity contribution in [1.29, 1.82) is 0 Å². The van der Waals surface area contributed by atoms with Gasteiger partial charge in [-0.05, 0) is 42.5 Å². The van der Waals surface area contributed by atoms with Crippen molar-refractivity contribution in [3.63, 3.8) is 0 Å². The van der Waals surface area contributed by atoms with Gasteiger partial charge in [-0.2, -0.15) is 0 Å². The molecule has 1 aliphatic rings. The minimum Gasteiger partial charge on any atom is -0.496 e. The summed E-state index contributed by atoms with van der Waals surface area (Å²) in [5, 5.41) is 2.64. The van der Waals surface area contributed by atoms with Crippen LogP contribution in [0, 0.1) is 11.6 Å². The lowest BCUT2D eigenvalue weighted by Crippen LogP contribution is -2.03. The molecule has 0 bridgehead atoms. The monoisotopic (exact) mass is 287 g/mol. The maximum atomic E-state index is 13.4. The molecule has 0 saturated carbocycles. The number of nitrogens with one attached hydrogen (secondary N) is 1. The summed E-state index contributed by atoms with van der Waals surface area (Å²) in [6.45, 7) is 0. The summed E-state index contributed by atoms with van der Waals surface area (Å²) < 4.78 is 31.9. The van der Waals surface area contributed by atoms with Crippen LogP contribution in [0.4, 0.5) is 14.5 Å². The van der Waals surface area contributed by atoms with Gasteiger partial charge in [-0.1, -0.05) is 0 Å². The van der Waals surface area contributed by atoms with E-state index in [-0.39, 0.29) is 11.5 Å². The van der Waals surface area contributed by atoms with Gasteiger partial charge in [-0.15, -0.1) is 0 Å². The molecule has 0 atom stereocenters. The number of benzene rings is 2. The first-order chi connectivity index (χ1) is 10.1. The molecule has 1 aliphatic heterocycles. The number of ether oxygens (including phenoxy) is 1. The predicted molar refractivity (Wildman–Crippen MR) is 75.9 cm³/mol. The Balaban J connectivity index is 2.15. The Labute approximate surface area is 119 Å². The lowest BCUT2D eigenvalue weighted by molar-refractivity contribution is -0.110. The maximum absolute atomic E-state index is 13.4. The highest BCUT2D eigenvalue weighted by Crippen LogP contribution is 2.35. The molecule has 1 amide bonds. The second kappa shape index (κ2) is 5.01. The Bertz CT molecular complexity index is 769. The molecule has 0 fully saturated rings. The number of anilines is 1. The van der Waals surface area contributed by atoms with Crippen molar-refractivity contribution in [2.75, 3.05) is 12.4 Å². The van der Waals surface area contributed by atoms with Gasteiger partial charge in [0.2, 0.25) is 0 Å². The highest BCUT2D eigenvalue weighted by Gasteiger charge is 2.24. The summed E-state index contributed by atoms with van der Waals surface area (Å²) in [5.74, 6) is -0.814. The number of hydrogen-bond donors (Lipinski definition) is 1. The Morgan fingerprint density at radius 1 is 1.10 bits per heavy atom. The van der Waals surface area contributed by atoms with Crippen LogP contribution in [0.25, 0.3) is 11.6 Å². The molecular formula is C16H11F2NO2. The quantitative estimate of drug-likeness (QED) is 0.859. The third-order valence-corrected chi connectivity index (χ3v) is 3.26. The number of rotatable bonds is 2. The third kappa shape index (κ3) is 2.38. The molecule has 5 heteroatoms. The molecule has 2 aromatic rings. The molecule has 21 heavy (non-hydrogen) atoms. The van der Waals surface area contributed by atoms with Crippen LogP contribution in [0.15, 0.2) is 36.4 Å². The van der Waals surface area contributed by atoms with Gasteiger partial charge in [0, 0.05) is 22.4 Å². The topological polar surface area (TPSA) is 38.3 Å². The van der Waals surface area contributed by atoms with E-state index in [1.807, 2.05) is 0 Å². The number of methoxy groups -OCH3 is 1. The van der Waals surface area contributed by atoms with E-state index < -0.39 is 11.6 Å². The SMILES string of the molecule is COc1ccc(F)cc1/C=C1/C(=O)Nc2ccc(F)cc21. The standard InChI is InChI=1S/C16H11F2NO2/c1-21-15-5-3-10(17)6-9(15)7-13-12-8-11(18)2-4-14(12)19-16(13)20/h2-8H,1H3,(H,19,20)/b13-7+. The zero-order valence-electron chi connectivity index (χ0n) is 11.1. The number of amides is 1. The Kier molecular flexibility index (Phi) is 3.17. The van der Waals surface area contributed by atoms with Crippen molar-refractivity contribution < 1.29 is 18.3 Å². The lowest BCUT2D eigenvalue weighted by Gasteiger charge is -2.05. The average molecular weight is 287 g/mol. The van der Waals surface area contributed by atoms with Crippen molar-refractivity contribution in [1.82, 2.24) is 0 Å². The van der Waals surface area contributed by atoms with E-state index in [1.54, 1.807) is 0 Å². The molecule has 1 N–H and O–H groups in total. The van der Waals surface area contributed by atoms with E-state index in [9.17, 15) is 13.6 Å². The van der Waals surface area contributed by atoms with E-state index in [0.29, 0.717) is 22.6 Å². The number of hydrogen-bond acceptors (Lipinski definition) is 2. The molecule has 1 heterocycles. The summed E-state index contributed by atoms with van der Waals surface area (Å²) >= 11 is 0. The van der Waals surface area contributed by atoms with E-state index in [4.69, 9.17) is 4.74 Å². The van der Waals surface area contributed by atoms with Gasteiger partial charge < -0.3 is 10.1 Å². The highest BCUT2D eigenvalue weighted by molar-refractivity contribution is 6.35. The zero-order valence-corrected chi connectivity index (χ0v) is 11.1. The van der Waals surface area contributed by atoms with Crippen LogP contribution in [0.5, 0.6) is 5.75 Å². The summed E-state index contributed by atoms with van der Waals surface area (Å²) in [7, 11) is 1.46. The van der Waals surface area contributed by atoms with Gasteiger partial charge in [-0.25, -0.2) is 8.78 Å². The van der Waals surface area contributed by atoms with Crippen LogP contribution in [-0.2, 0) is 4.79 Å². The van der Waals surface area contributed by atoms with E-state index >= 15 is 0 Å². The van der Waals surface area contributed by atoms with Gasteiger partial charge in [0.05, 0.1) is 7.11 Å². The van der Waals surface area contributed by atoms with Gasteiger partial charge in [0.25, 0.3) is 5.91 Å². The number of halogens is 2. The maximum Gasteiger partial charge on any atom is 0.256 e. The number of carbonyl (C=O) groups excluding carboxylic acids is 1. The fourth-order valence-corrected chi connectivity index (χ4v) is 2.28. The number of carbonyl (C=O) groups is 1. The fourth-order valence-electron chi connectivity index (χ4n) is 2.28. The molecule has 3 nitrogen and oxygen atoms in total. The van der Waals surface area contributed by atoms with Crippen LogP contribution >= 0.6 is 0 Å². The third-order valence-electron chi connectivity index (χ3n) is 3.26. The van der Waals surface area contributed by atoms with Crippen molar-refractivity contribution >= 4 is 23.2 Å². The van der Waals surface area contributed by atoms with Crippen molar-refractivity contribution in [2.24, 2.45) is 0 Å². The van der Waals surface area contributed by atoms with E-state index in [0.717, 1.165) is 0 Å². The Morgan fingerprint density at radius 2 is 1.81 bits per heavy atom. The molecule has 0 spiro atoms. The first-order valence-electron chi connectivity index (χ1n) is 6.25. The van der Waals surface area contributed by atoms with E-state index in [2.05, 4.69) is 5.32 Å². The molecular weight excluding hydrogens is 276 g/mol. The zero-order chi connectivity index (χ0) is 15.0. The molecule has 0 radical (unpaired) electrons. The second-order valence-electron chi connectivity index (χ2n) is 4.59. The van der Waals surface area contributed by atoms with Gasteiger partial charge in [0.15, 0.2) is 0 Å². The van der Waals surface area contributed by atoms with Gasteiger partial charge in [-0.3, -0.25) is 4.79 Å². The van der Waals surface area contributed by atoms with Crippen LogP contribution < -0.4 is 10.1 Å². The first-order valence-corrected chi connectivity index (χ1v) is 6.25. The van der Waals surface area contributed by atoms with Gasteiger partial charge >= 0.3 is 0 Å². The largest absolute Gasteiger partial charge is 0.496 e. The molecule has 0 saturated heterocycles. The molecule has 0 unspecified atom stereocenters. The Morgan fingerprint density at radius 3 is 2.57 bits per heavy atom. The summed E-state index contributed by atoms with van der Waals surface area (Å²) in [4.78, 5) is 12.0. The molecule has 0 aliphatic carbocycles. The predicted octanol–water partition coefficient (Wildman–Crippen LogP) is 3.47. The van der Waals surface area contributed by atoms with Crippen molar-refractivity contribution in [2.45, 2.75) is 0 Å².